The first-order chi connectivity index (χ1) is 13.9. The summed E-state index contributed by atoms with van der Waals surface area (Å²) in [6.45, 7) is 6.59. The fourth-order valence-electron chi connectivity index (χ4n) is 3.06. The Morgan fingerprint density at radius 2 is 1.86 bits per heavy atom. The maximum absolute atomic E-state index is 12.9. The molecule has 2 aromatic rings. The predicted octanol–water partition coefficient (Wildman–Crippen LogP) is 4.09. The number of allylic oxidation sites excluding steroid dienone is 1. The quantitative estimate of drug-likeness (QED) is 0.694. The number of nitrogens with one attached hydrogen (secondary N) is 2. The molecule has 0 radical (unpaired) electrons. The Labute approximate surface area is 170 Å². The van der Waals surface area contributed by atoms with Gasteiger partial charge >= 0.3 is 12.0 Å². The van der Waals surface area contributed by atoms with Crippen LogP contribution in [0.15, 0.2) is 65.9 Å². The van der Waals surface area contributed by atoms with Crippen LogP contribution in [0.1, 0.15) is 37.9 Å². The molecule has 1 aliphatic heterocycles. The summed E-state index contributed by atoms with van der Waals surface area (Å²) in [6.07, 6.45) is 0. The van der Waals surface area contributed by atoms with Gasteiger partial charge in [0.1, 0.15) is 12.4 Å². The molecule has 2 aromatic carbocycles. The summed E-state index contributed by atoms with van der Waals surface area (Å²) in [5, 5.41) is 5.48. The van der Waals surface area contributed by atoms with Crippen molar-refractivity contribution in [1.29, 1.82) is 0 Å². The SMILES string of the molecule is CC1=C(C(=O)OCc2ccccc2)C(c2cccc(OCC(C)C)c2)NC(=O)N1. The highest BCUT2D eigenvalue weighted by molar-refractivity contribution is 5.95. The Morgan fingerprint density at radius 1 is 1.10 bits per heavy atom. The minimum Gasteiger partial charge on any atom is -0.493 e. The van der Waals surface area contributed by atoms with E-state index in [0.717, 1.165) is 11.1 Å². The lowest BCUT2D eigenvalue weighted by atomic mass is 9.95. The Bertz CT molecular complexity index is 906. The van der Waals surface area contributed by atoms with E-state index >= 15 is 0 Å². The number of ether oxygens (including phenoxy) is 2. The van der Waals surface area contributed by atoms with Gasteiger partial charge in [-0.25, -0.2) is 9.59 Å². The van der Waals surface area contributed by atoms with Crippen molar-refractivity contribution in [3.8, 4) is 5.75 Å². The number of carbonyl (C=O) groups is 2. The van der Waals surface area contributed by atoms with Crippen molar-refractivity contribution in [2.75, 3.05) is 6.61 Å². The molecule has 0 saturated heterocycles. The van der Waals surface area contributed by atoms with E-state index in [1.54, 1.807) is 6.92 Å². The Balaban J connectivity index is 1.82. The van der Waals surface area contributed by atoms with Crippen LogP contribution in [0.25, 0.3) is 0 Å². The van der Waals surface area contributed by atoms with Gasteiger partial charge in [-0.15, -0.1) is 0 Å². The highest BCUT2D eigenvalue weighted by atomic mass is 16.5. The zero-order valence-corrected chi connectivity index (χ0v) is 16.9. The van der Waals surface area contributed by atoms with Crippen molar-refractivity contribution in [2.45, 2.75) is 33.4 Å². The van der Waals surface area contributed by atoms with E-state index in [1.165, 1.54) is 0 Å². The summed E-state index contributed by atoms with van der Waals surface area (Å²) < 4.78 is 11.3. The minimum atomic E-state index is -0.616. The maximum Gasteiger partial charge on any atom is 0.338 e. The number of hydrogen-bond acceptors (Lipinski definition) is 4. The molecule has 2 N–H and O–H groups in total. The highest BCUT2D eigenvalue weighted by Gasteiger charge is 2.32. The molecule has 0 fully saturated rings. The number of benzene rings is 2. The fraction of sp³-hybridized carbons (Fsp3) is 0.304. The molecule has 1 aliphatic rings. The first kappa shape index (κ1) is 20.5. The van der Waals surface area contributed by atoms with Gasteiger partial charge in [-0.3, -0.25) is 0 Å². The average molecular weight is 394 g/mol. The third-order valence-electron chi connectivity index (χ3n) is 4.48. The zero-order chi connectivity index (χ0) is 20.8. The molecule has 3 rings (SSSR count). The number of urea groups is 1. The maximum atomic E-state index is 12.9. The van der Waals surface area contributed by atoms with E-state index < -0.39 is 12.0 Å². The van der Waals surface area contributed by atoms with Crippen molar-refractivity contribution in [3.05, 3.63) is 77.0 Å². The third kappa shape index (κ3) is 5.38. The number of esters is 1. The average Bonchev–Trinajstić information content (AvgIpc) is 2.71. The number of hydrogen-bond donors (Lipinski definition) is 2. The first-order valence-electron chi connectivity index (χ1n) is 9.66. The van der Waals surface area contributed by atoms with Crippen molar-refractivity contribution < 1.29 is 19.1 Å². The molecule has 0 aliphatic carbocycles. The minimum absolute atomic E-state index is 0.161. The normalized spacial score (nSPS) is 16.3. The molecule has 152 valence electrons. The van der Waals surface area contributed by atoms with Crippen LogP contribution in [0.5, 0.6) is 5.75 Å². The largest absolute Gasteiger partial charge is 0.493 e. The van der Waals surface area contributed by atoms with Crippen LogP contribution in [-0.4, -0.2) is 18.6 Å². The van der Waals surface area contributed by atoms with Gasteiger partial charge in [-0.2, -0.15) is 0 Å². The van der Waals surface area contributed by atoms with Crippen molar-refractivity contribution in [2.24, 2.45) is 5.92 Å². The molecule has 0 spiro atoms. The van der Waals surface area contributed by atoms with Gasteiger partial charge in [0.25, 0.3) is 0 Å². The molecule has 2 amide bonds. The van der Waals surface area contributed by atoms with Crippen LogP contribution in [-0.2, 0) is 16.1 Å². The van der Waals surface area contributed by atoms with Gasteiger partial charge in [0.2, 0.25) is 0 Å². The van der Waals surface area contributed by atoms with E-state index in [0.29, 0.717) is 29.5 Å². The Morgan fingerprint density at radius 3 is 2.59 bits per heavy atom. The van der Waals surface area contributed by atoms with Crippen LogP contribution in [0.3, 0.4) is 0 Å². The van der Waals surface area contributed by atoms with E-state index in [2.05, 4.69) is 24.5 Å². The second kappa shape index (κ2) is 9.28. The molecular weight excluding hydrogens is 368 g/mol. The van der Waals surface area contributed by atoms with Gasteiger partial charge in [-0.05, 0) is 36.1 Å². The Hall–Kier alpha value is -3.28. The summed E-state index contributed by atoms with van der Waals surface area (Å²) >= 11 is 0. The van der Waals surface area contributed by atoms with Crippen LogP contribution >= 0.6 is 0 Å². The van der Waals surface area contributed by atoms with E-state index in [9.17, 15) is 9.59 Å². The van der Waals surface area contributed by atoms with Gasteiger partial charge in [0.15, 0.2) is 0 Å². The molecule has 29 heavy (non-hydrogen) atoms. The van der Waals surface area contributed by atoms with Gasteiger partial charge in [-0.1, -0.05) is 56.3 Å². The lowest BCUT2D eigenvalue weighted by Crippen LogP contribution is -2.45. The Kier molecular flexibility index (Phi) is 6.54. The zero-order valence-electron chi connectivity index (χ0n) is 16.9. The van der Waals surface area contributed by atoms with Crippen molar-refractivity contribution >= 4 is 12.0 Å². The fourth-order valence-corrected chi connectivity index (χ4v) is 3.06. The smallest absolute Gasteiger partial charge is 0.338 e. The highest BCUT2D eigenvalue weighted by Crippen LogP contribution is 2.30. The molecule has 0 aromatic heterocycles. The molecular formula is C23H26N2O4. The van der Waals surface area contributed by atoms with Crippen LogP contribution in [0, 0.1) is 5.92 Å². The first-order valence-corrected chi connectivity index (χ1v) is 9.66. The molecule has 1 unspecified atom stereocenters. The second-order valence-corrected chi connectivity index (χ2v) is 7.41. The molecule has 0 bridgehead atoms. The third-order valence-corrected chi connectivity index (χ3v) is 4.48. The van der Waals surface area contributed by atoms with Crippen LogP contribution in [0.4, 0.5) is 4.79 Å². The standard InChI is InChI=1S/C23H26N2O4/c1-15(2)13-28-19-11-7-10-18(12-19)21-20(16(3)24-23(27)25-21)22(26)29-14-17-8-5-4-6-9-17/h4-12,15,21H,13-14H2,1-3H3,(H2,24,25,27). The molecule has 1 atom stereocenters. The van der Waals surface area contributed by atoms with E-state index in [1.807, 2.05) is 54.6 Å². The molecule has 1 heterocycles. The number of amides is 2. The lowest BCUT2D eigenvalue weighted by molar-refractivity contribution is -0.140. The van der Waals surface area contributed by atoms with Crippen LogP contribution < -0.4 is 15.4 Å². The van der Waals surface area contributed by atoms with Crippen LogP contribution in [0.2, 0.25) is 0 Å². The van der Waals surface area contributed by atoms with E-state index in [4.69, 9.17) is 9.47 Å². The topological polar surface area (TPSA) is 76.7 Å². The summed E-state index contributed by atoms with van der Waals surface area (Å²) in [4.78, 5) is 24.9. The summed E-state index contributed by atoms with van der Waals surface area (Å²) in [7, 11) is 0. The van der Waals surface area contributed by atoms with Crippen molar-refractivity contribution in [3.63, 3.8) is 0 Å². The molecule has 0 saturated carbocycles. The van der Waals surface area contributed by atoms with Gasteiger partial charge in [0.05, 0.1) is 18.2 Å². The summed E-state index contributed by atoms with van der Waals surface area (Å²) in [5.74, 6) is 0.610. The van der Waals surface area contributed by atoms with Gasteiger partial charge in [0, 0.05) is 5.70 Å². The predicted molar refractivity (Wildman–Crippen MR) is 110 cm³/mol. The molecule has 6 heteroatoms. The summed E-state index contributed by atoms with van der Waals surface area (Å²) in [6, 6.07) is 15.9. The molecule has 6 nitrogen and oxygen atoms in total. The monoisotopic (exact) mass is 394 g/mol. The lowest BCUT2D eigenvalue weighted by Gasteiger charge is -2.28. The second-order valence-electron chi connectivity index (χ2n) is 7.41. The van der Waals surface area contributed by atoms with Gasteiger partial charge < -0.3 is 20.1 Å². The number of rotatable bonds is 7. The van der Waals surface area contributed by atoms with E-state index in [-0.39, 0.29) is 12.6 Å². The summed E-state index contributed by atoms with van der Waals surface area (Å²) in [5.41, 5.74) is 2.51. The van der Waals surface area contributed by atoms with Crippen molar-refractivity contribution in [1.82, 2.24) is 10.6 Å². The number of carbonyl (C=O) groups excluding carboxylic acids is 2.